The lowest BCUT2D eigenvalue weighted by Gasteiger charge is -2.54. The molecule has 2 spiro atoms. The number of rotatable bonds is 6. The van der Waals surface area contributed by atoms with Gasteiger partial charge in [-0.15, -0.1) is 0 Å². The molecule has 0 radical (unpaired) electrons. The Balaban J connectivity index is 0.00000186. The molecule has 2 aliphatic heterocycles. The first kappa shape index (κ1) is 34.9. The molecule has 2 heterocycles. The van der Waals surface area contributed by atoms with E-state index < -0.39 is 11.6 Å². The van der Waals surface area contributed by atoms with Crippen LogP contribution in [0.4, 0.5) is 0 Å². The van der Waals surface area contributed by atoms with Crippen LogP contribution < -0.4 is 4.74 Å². The lowest BCUT2D eigenvalue weighted by atomic mass is 9.62. The molecule has 11 unspecified atom stereocenters. The molecule has 4 aliphatic carbocycles. The van der Waals surface area contributed by atoms with E-state index in [1.54, 1.807) is 0 Å². The van der Waals surface area contributed by atoms with Crippen molar-refractivity contribution in [3.8, 4) is 11.5 Å². The number of hydrogen-bond donors (Lipinski definition) is 0. The summed E-state index contributed by atoms with van der Waals surface area (Å²) in [5.74, 6) is 4.24. The Kier molecular flexibility index (Phi) is 10.1. The van der Waals surface area contributed by atoms with E-state index in [-0.39, 0.29) is 12.2 Å². The van der Waals surface area contributed by atoms with E-state index in [9.17, 15) is 0 Å². The van der Waals surface area contributed by atoms with E-state index in [1.807, 2.05) is 62.4 Å². The van der Waals surface area contributed by atoms with Crippen LogP contribution in [0.3, 0.4) is 0 Å². The molecule has 6 aliphatic rings. The largest absolute Gasteiger partial charge is 0.457 e. The van der Waals surface area contributed by atoms with Crippen LogP contribution in [-0.2, 0) is 29.0 Å². The first-order chi connectivity index (χ1) is 23.7. The molecule has 4 bridgehead atoms. The van der Waals surface area contributed by atoms with Gasteiger partial charge in [0.1, 0.15) is 23.7 Å². The summed E-state index contributed by atoms with van der Waals surface area (Å²) in [5, 5.41) is 0. The van der Waals surface area contributed by atoms with Crippen molar-refractivity contribution in [3.05, 3.63) is 72.8 Å². The van der Waals surface area contributed by atoms with Gasteiger partial charge in [0.25, 0.3) is 0 Å². The highest BCUT2D eigenvalue weighted by Gasteiger charge is 2.57. The normalized spacial score (nSPS) is 39.6. The van der Waals surface area contributed by atoms with Gasteiger partial charge in [0, 0.05) is 24.2 Å². The third-order valence-electron chi connectivity index (χ3n) is 12.2. The molecule has 6 fully saturated rings. The maximum atomic E-state index is 6.56. The van der Waals surface area contributed by atoms with E-state index >= 15 is 0 Å². The molecule has 2 saturated heterocycles. The van der Waals surface area contributed by atoms with Gasteiger partial charge in [-0.05, 0) is 115 Å². The molecule has 0 aromatic heterocycles. The quantitative estimate of drug-likeness (QED) is 0.283. The fourth-order valence-electron chi connectivity index (χ4n) is 9.96. The molecule has 7 nitrogen and oxygen atoms in total. The third kappa shape index (κ3) is 6.80. The molecule has 8 rings (SSSR count). The lowest BCUT2D eigenvalue weighted by molar-refractivity contribution is -0.509. The van der Waals surface area contributed by atoms with E-state index in [2.05, 4.69) is 33.9 Å². The minimum Gasteiger partial charge on any atom is -0.457 e. The van der Waals surface area contributed by atoms with Crippen molar-refractivity contribution >= 4 is 11.1 Å². The monoisotopic (exact) mass is 672 g/mol. The average molecular weight is 673 g/mol. The SMILES string of the molecule is C=C(c1ccc(Oc2ccc(C(=C)C3COC4(OO3)C(C)CC3CC(C)CC4C3)cc2)cc1)C1COC2(CC3CC(C)CC2C3)OO1.CC. The zero-order valence-electron chi connectivity index (χ0n) is 30.2. The van der Waals surface area contributed by atoms with E-state index in [4.69, 9.17) is 33.8 Å². The lowest BCUT2D eigenvalue weighted by Crippen LogP contribution is -2.59. The summed E-state index contributed by atoms with van der Waals surface area (Å²) in [5.41, 5.74) is 3.61. The second-order valence-corrected chi connectivity index (χ2v) is 15.8. The maximum absolute atomic E-state index is 6.56. The molecular formula is C42H56O7. The van der Waals surface area contributed by atoms with Crippen LogP contribution in [0.25, 0.3) is 11.1 Å². The second kappa shape index (κ2) is 14.2. The summed E-state index contributed by atoms with van der Waals surface area (Å²) in [7, 11) is 0. The highest BCUT2D eigenvalue weighted by atomic mass is 17.2. The average Bonchev–Trinajstić information content (AvgIpc) is 3.36. The minimum atomic E-state index is -0.636. The van der Waals surface area contributed by atoms with E-state index in [1.165, 1.54) is 25.7 Å². The van der Waals surface area contributed by atoms with Gasteiger partial charge in [0.05, 0.1) is 13.2 Å². The van der Waals surface area contributed by atoms with Crippen molar-refractivity contribution in [2.24, 2.45) is 41.4 Å². The number of fused-ring (bicyclic) bond motifs is 6. The Bertz CT molecular complexity index is 1450. The minimum absolute atomic E-state index is 0.313. The molecule has 7 heteroatoms. The zero-order chi connectivity index (χ0) is 34.3. The van der Waals surface area contributed by atoms with Gasteiger partial charge < -0.3 is 14.2 Å². The highest BCUT2D eigenvalue weighted by Crippen LogP contribution is 2.55. The van der Waals surface area contributed by atoms with Gasteiger partial charge >= 0.3 is 0 Å². The first-order valence-electron chi connectivity index (χ1n) is 18.9. The van der Waals surface area contributed by atoms with Crippen LogP contribution in [0.2, 0.25) is 0 Å². The van der Waals surface area contributed by atoms with Gasteiger partial charge in [0.2, 0.25) is 11.6 Å². The first-order valence-corrected chi connectivity index (χ1v) is 18.9. The Morgan fingerprint density at radius 1 is 0.633 bits per heavy atom. The highest BCUT2D eigenvalue weighted by molar-refractivity contribution is 5.68. The number of ether oxygens (including phenoxy) is 3. The standard InChI is InChI=1S/C40H50O7.C2H6/c1-24-14-29-18-26(3)40(34(17-24)19-29)42-23-38(45-47-40)28(5)32-8-12-36(13-9-32)43-35-10-6-31(7-11-35)27(4)37-22-41-39(46-44-37)21-30-15-25(2)16-33(39)20-30;1-2/h6-13,24-26,29-30,33-34,37-38H,4-5,14-23H2,1-3H3;1-2H3. The molecule has 11 atom stereocenters. The number of hydrogen-bond acceptors (Lipinski definition) is 7. The maximum Gasteiger partial charge on any atom is 0.207 e. The fraction of sp³-hybridized carbons (Fsp3) is 0.619. The molecule has 49 heavy (non-hydrogen) atoms. The topological polar surface area (TPSA) is 64.6 Å². The van der Waals surface area contributed by atoms with Gasteiger partial charge in [-0.2, -0.15) is 4.89 Å². The van der Waals surface area contributed by atoms with Crippen molar-refractivity contribution in [2.45, 2.75) is 110 Å². The zero-order valence-corrected chi connectivity index (χ0v) is 30.2. The van der Waals surface area contributed by atoms with E-state index in [0.29, 0.717) is 42.8 Å². The Hall–Kier alpha value is -2.52. The molecule has 2 aromatic rings. The van der Waals surface area contributed by atoms with Crippen LogP contribution in [0.1, 0.15) is 97.1 Å². The molecule has 0 N–H and O–H groups in total. The van der Waals surface area contributed by atoms with Crippen LogP contribution in [0, 0.1) is 41.4 Å². The Morgan fingerprint density at radius 2 is 1.16 bits per heavy atom. The van der Waals surface area contributed by atoms with E-state index in [0.717, 1.165) is 71.3 Å². The molecular weight excluding hydrogens is 616 g/mol. The van der Waals surface area contributed by atoms with Gasteiger partial charge in [-0.3, -0.25) is 0 Å². The van der Waals surface area contributed by atoms with Crippen LogP contribution in [0.15, 0.2) is 61.7 Å². The predicted octanol–water partition coefficient (Wildman–Crippen LogP) is 10.2. The summed E-state index contributed by atoms with van der Waals surface area (Å²) in [6.45, 7) is 20.5. The van der Waals surface area contributed by atoms with Crippen LogP contribution in [0.5, 0.6) is 11.5 Å². The fourth-order valence-corrected chi connectivity index (χ4v) is 9.96. The van der Waals surface area contributed by atoms with Crippen molar-refractivity contribution in [3.63, 3.8) is 0 Å². The summed E-state index contributed by atoms with van der Waals surface area (Å²) in [4.78, 5) is 24.2. The molecule has 2 aromatic carbocycles. The van der Waals surface area contributed by atoms with Gasteiger partial charge in [0.15, 0.2) is 0 Å². The van der Waals surface area contributed by atoms with Gasteiger partial charge in [-0.1, -0.05) is 72.0 Å². The van der Waals surface area contributed by atoms with Gasteiger partial charge in [-0.25, -0.2) is 14.7 Å². The number of benzene rings is 2. The molecule has 266 valence electrons. The third-order valence-corrected chi connectivity index (χ3v) is 12.2. The second-order valence-electron chi connectivity index (χ2n) is 15.8. The Morgan fingerprint density at radius 3 is 1.71 bits per heavy atom. The van der Waals surface area contributed by atoms with Crippen molar-refractivity contribution in [1.29, 1.82) is 0 Å². The molecule has 4 saturated carbocycles. The van der Waals surface area contributed by atoms with Crippen LogP contribution in [-0.4, -0.2) is 37.0 Å². The van der Waals surface area contributed by atoms with Crippen molar-refractivity contribution in [2.75, 3.05) is 13.2 Å². The van der Waals surface area contributed by atoms with Crippen LogP contribution >= 0.6 is 0 Å². The summed E-state index contributed by atoms with van der Waals surface area (Å²) >= 11 is 0. The predicted molar refractivity (Wildman–Crippen MR) is 190 cm³/mol. The molecule has 0 amide bonds. The van der Waals surface area contributed by atoms with Crippen molar-refractivity contribution in [1.82, 2.24) is 0 Å². The summed E-state index contributed by atoms with van der Waals surface area (Å²) in [6, 6.07) is 15.8. The Labute approximate surface area is 293 Å². The smallest absolute Gasteiger partial charge is 0.207 e. The summed E-state index contributed by atoms with van der Waals surface area (Å²) in [6.07, 6.45) is 8.57. The summed E-state index contributed by atoms with van der Waals surface area (Å²) < 4.78 is 19.1. The van der Waals surface area contributed by atoms with Crippen molar-refractivity contribution < 1.29 is 33.8 Å².